The summed E-state index contributed by atoms with van der Waals surface area (Å²) in [7, 11) is 0. The maximum absolute atomic E-state index is 13.0. The van der Waals surface area contributed by atoms with Gasteiger partial charge in [-0.15, -0.1) is 11.8 Å². The van der Waals surface area contributed by atoms with E-state index in [4.69, 9.17) is 4.74 Å². The zero-order chi connectivity index (χ0) is 22.9. The highest BCUT2D eigenvalue weighted by Gasteiger charge is 2.58. The number of benzene rings is 1. The molecule has 0 saturated carbocycles. The van der Waals surface area contributed by atoms with Crippen molar-refractivity contribution in [3.63, 3.8) is 0 Å². The highest BCUT2D eigenvalue weighted by Crippen LogP contribution is 2.37. The summed E-state index contributed by atoms with van der Waals surface area (Å²) >= 11 is 1.09. The van der Waals surface area contributed by atoms with Crippen LogP contribution in [-0.2, 0) is 23.9 Å². The van der Waals surface area contributed by atoms with Crippen LogP contribution in [0.4, 0.5) is 4.79 Å². The molecule has 2 aliphatic rings. The molecule has 2 saturated heterocycles. The monoisotopic (exact) mass is 449 g/mol. The molecular weight excluding hydrogens is 426 g/mol. The molecule has 10 nitrogen and oxygen atoms in total. The zero-order valence-electron chi connectivity index (χ0n) is 17.2. The fourth-order valence-electron chi connectivity index (χ4n) is 3.34. The Hall–Kier alpha value is -3.08. The number of carbonyl (C=O) groups excluding carboxylic acids is 4. The van der Waals surface area contributed by atoms with Crippen molar-refractivity contribution < 1.29 is 33.8 Å². The van der Waals surface area contributed by atoms with Crippen LogP contribution in [0.5, 0.6) is 0 Å². The predicted molar refractivity (Wildman–Crippen MR) is 110 cm³/mol. The van der Waals surface area contributed by atoms with Crippen molar-refractivity contribution in [1.29, 1.82) is 0 Å². The van der Waals surface area contributed by atoms with Gasteiger partial charge in [0.15, 0.2) is 11.8 Å². The molecule has 2 heterocycles. The minimum atomic E-state index is -1.54. The predicted octanol–water partition coefficient (Wildman–Crippen LogP) is 0.675. The van der Waals surface area contributed by atoms with E-state index in [9.17, 15) is 29.1 Å². The lowest BCUT2D eigenvalue weighted by molar-refractivity contribution is -0.165. The van der Waals surface area contributed by atoms with Gasteiger partial charge in [0.05, 0.1) is 5.75 Å². The molecule has 4 atom stereocenters. The number of thioether (sulfide) groups is 1. The largest absolute Gasteiger partial charge is 0.479 e. The Labute approximate surface area is 182 Å². The second-order valence-electron chi connectivity index (χ2n) is 8.13. The summed E-state index contributed by atoms with van der Waals surface area (Å²) in [5.74, 6) is -3.35. The molecule has 0 aliphatic carbocycles. The van der Waals surface area contributed by atoms with Gasteiger partial charge in [-0.05, 0) is 26.3 Å². The lowest BCUT2D eigenvalue weighted by atomic mass is 9.99. The van der Waals surface area contributed by atoms with Gasteiger partial charge in [0.2, 0.25) is 11.8 Å². The standard InChI is InChI=1S/C20H23N3O7S/c1-20(2,3)30-19(29)22-12(10-7-5-4-6-8-10)15(25)21-13-16(26)23-14(18(27)28)11(24)9-31-17(13)23/h4-8,12-14,17H,9H2,1-3H3,(H,21,25)(H,22,29)(H,27,28)/t12?,13?,14?,17-/m0/s1. The molecule has 3 N–H and O–H groups in total. The number of rotatable bonds is 5. The molecular formula is C20H23N3O7S. The van der Waals surface area contributed by atoms with E-state index < -0.39 is 58.8 Å². The van der Waals surface area contributed by atoms with E-state index in [1.54, 1.807) is 51.1 Å². The number of nitrogens with one attached hydrogen (secondary N) is 2. The topological polar surface area (TPSA) is 142 Å². The van der Waals surface area contributed by atoms with E-state index in [-0.39, 0.29) is 5.75 Å². The second-order valence-corrected chi connectivity index (χ2v) is 9.24. The Balaban J connectivity index is 1.75. The zero-order valence-corrected chi connectivity index (χ0v) is 18.0. The van der Waals surface area contributed by atoms with E-state index in [0.29, 0.717) is 5.56 Å². The maximum Gasteiger partial charge on any atom is 0.408 e. The molecule has 2 fully saturated rings. The number of Topliss-reactive ketones (excluding diaryl/α,β-unsaturated/α-hetero) is 1. The number of hydrogen-bond acceptors (Lipinski definition) is 7. The average molecular weight is 449 g/mol. The number of ketones is 1. The second kappa shape index (κ2) is 8.58. The van der Waals surface area contributed by atoms with E-state index in [2.05, 4.69) is 10.6 Å². The van der Waals surface area contributed by atoms with Crippen LogP contribution in [0.3, 0.4) is 0 Å². The first-order valence-electron chi connectivity index (χ1n) is 9.54. The van der Waals surface area contributed by atoms with Crippen LogP contribution in [-0.4, -0.2) is 68.5 Å². The number of nitrogens with zero attached hydrogens (tertiary/aromatic N) is 1. The smallest absolute Gasteiger partial charge is 0.408 e. The van der Waals surface area contributed by atoms with Crippen molar-refractivity contribution in [3.8, 4) is 0 Å². The van der Waals surface area contributed by atoms with Crippen molar-refractivity contribution in [1.82, 2.24) is 15.5 Å². The molecule has 166 valence electrons. The summed E-state index contributed by atoms with van der Waals surface area (Å²) in [5, 5.41) is 13.7. The van der Waals surface area contributed by atoms with Crippen molar-refractivity contribution in [2.45, 2.75) is 49.9 Å². The third-order valence-electron chi connectivity index (χ3n) is 4.65. The lowest BCUT2D eigenvalue weighted by Crippen LogP contribution is -2.76. The molecule has 0 spiro atoms. The van der Waals surface area contributed by atoms with Crippen molar-refractivity contribution in [2.75, 3.05) is 5.75 Å². The fraction of sp³-hybridized carbons (Fsp3) is 0.450. The minimum Gasteiger partial charge on any atom is -0.479 e. The maximum atomic E-state index is 13.0. The molecule has 31 heavy (non-hydrogen) atoms. The lowest BCUT2D eigenvalue weighted by Gasteiger charge is -2.51. The first-order valence-corrected chi connectivity index (χ1v) is 10.6. The summed E-state index contributed by atoms with van der Waals surface area (Å²) in [4.78, 5) is 62.0. The number of carboxylic acid groups (broad SMARTS) is 1. The van der Waals surface area contributed by atoms with E-state index >= 15 is 0 Å². The van der Waals surface area contributed by atoms with E-state index in [0.717, 1.165) is 16.7 Å². The van der Waals surface area contributed by atoms with Gasteiger partial charge in [-0.2, -0.15) is 0 Å². The first-order chi connectivity index (χ1) is 14.5. The summed E-state index contributed by atoms with van der Waals surface area (Å²) in [6, 6.07) is 4.75. The Morgan fingerprint density at radius 3 is 2.42 bits per heavy atom. The number of alkyl carbamates (subject to hydrolysis) is 1. The van der Waals surface area contributed by atoms with Gasteiger partial charge in [0.25, 0.3) is 0 Å². The number of carbonyl (C=O) groups is 5. The van der Waals surface area contributed by atoms with Crippen LogP contribution in [0.2, 0.25) is 0 Å². The van der Waals surface area contributed by atoms with Crippen LogP contribution in [0.1, 0.15) is 32.4 Å². The molecule has 0 radical (unpaired) electrons. The molecule has 1 aromatic rings. The van der Waals surface area contributed by atoms with Crippen LogP contribution in [0, 0.1) is 0 Å². The molecule has 0 aromatic heterocycles. The van der Waals surface area contributed by atoms with Crippen molar-refractivity contribution in [2.24, 2.45) is 0 Å². The van der Waals surface area contributed by atoms with Crippen molar-refractivity contribution >= 4 is 41.4 Å². The number of β-lactam (4-membered cyclic amide) rings is 1. The Morgan fingerprint density at radius 2 is 1.84 bits per heavy atom. The molecule has 3 unspecified atom stereocenters. The minimum absolute atomic E-state index is 0.0734. The quantitative estimate of drug-likeness (QED) is 0.440. The van der Waals surface area contributed by atoms with E-state index in [1.165, 1.54) is 0 Å². The molecule has 11 heteroatoms. The van der Waals surface area contributed by atoms with Gasteiger partial charge < -0.3 is 25.4 Å². The van der Waals surface area contributed by atoms with Crippen LogP contribution >= 0.6 is 11.8 Å². The molecule has 3 rings (SSSR count). The number of amides is 3. The summed E-state index contributed by atoms with van der Waals surface area (Å²) in [6.45, 7) is 5.06. The van der Waals surface area contributed by atoms with Gasteiger partial charge in [-0.25, -0.2) is 9.59 Å². The van der Waals surface area contributed by atoms with Crippen LogP contribution in [0.25, 0.3) is 0 Å². The Kier molecular flexibility index (Phi) is 6.25. The van der Waals surface area contributed by atoms with Gasteiger partial charge >= 0.3 is 12.1 Å². The third-order valence-corrected chi connectivity index (χ3v) is 5.94. The van der Waals surface area contributed by atoms with Crippen LogP contribution in [0.15, 0.2) is 30.3 Å². The third kappa shape index (κ3) is 4.82. The van der Waals surface area contributed by atoms with Gasteiger partial charge in [-0.1, -0.05) is 30.3 Å². The van der Waals surface area contributed by atoms with Crippen molar-refractivity contribution in [3.05, 3.63) is 35.9 Å². The first kappa shape index (κ1) is 22.6. The molecule has 2 aliphatic heterocycles. The number of ether oxygens (including phenoxy) is 1. The van der Waals surface area contributed by atoms with Gasteiger partial charge in [-0.3, -0.25) is 14.4 Å². The van der Waals surface area contributed by atoms with Gasteiger partial charge in [0.1, 0.15) is 23.1 Å². The molecule has 0 bridgehead atoms. The number of carboxylic acids is 1. The SMILES string of the molecule is CC(C)(C)OC(=O)NC(C(=O)NC1C(=O)N2C(C(=O)O)C(=O)CS[C@@H]12)c1ccccc1. The van der Waals surface area contributed by atoms with Gasteiger partial charge in [0, 0.05) is 0 Å². The van der Waals surface area contributed by atoms with E-state index in [1.807, 2.05) is 0 Å². The number of aliphatic carboxylic acids is 1. The highest BCUT2D eigenvalue weighted by atomic mass is 32.2. The number of hydrogen-bond donors (Lipinski definition) is 3. The summed E-state index contributed by atoms with van der Waals surface area (Å²) in [5.41, 5.74) is -0.298. The normalized spacial score (nSPS) is 23.8. The molecule has 1 aromatic carbocycles. The fourth-order valence-corrected chi connectivity index (χ4v) is 4.59. The highest BCUT2D eigenvalue weighted by molar-refractivity contribution is 8.00. The Morgan fingerprint density at radius 1 is 1.19 bits per heavy atom. The number of fused-ring (bicyclic) bond motifs is 1. The average Bonchev–Trinajstić information content (AvgIpc) is 2.69. The van der Waals surface area contributed by atoms with Crippen LogP contribution < -0.4 is 10.6 Å². The Bertz CT molecular complexity index is 915. The summed E-state index contributed by atoms with van der Waals surface area (Å²) < 4.78 is 5.23. The molecule has 3 amide bonds. The summed E-state index contributed by atoms with van der Waals surface area (Å²) in [6.07, 6.45) is -0.804.